The summed E-state index contributed by atoms with van der Waals surface area (Å²) in [7, 11) is 1.67. The van der Waals surface area contributed by atoms with Crippen LogP contribution in [0.1, 0.15) is 16.1 Å². The number of nitrogens with zero attached hydrogens (tertiary/aromatic N) is 4. The molecular weight excluding hydrogens is 427 g/mol. The number of hydrogen-bond donors (Lipinski definition) is 0. The molecule has 8 heteroatoms. The molecule has 3 aromatic rings. The van der Waals surface area contributed by atoms with Crippen LogP contribution in [0.2, 0.25) is 0 Å². The summed E-state index contributed by atoms with van der Waals surface area (Å²) in [6, 6.07) is 14.3. The molecule has 0 saturated carbocycles. The predicted molar refractivity (Wildman–Crippen MR) is 124 cm³/mol. The number of carbonyl (C=O) groups excluding carboxylic acids is 1. The summed E-state index contributed by atoms with van der Waals surface area (Å²) in [5.74, 6) is 0.514. The molecule has 2 heterocycles. The van der Waals surface area contributed by atoms with E-state index < -0.39 is 0 Å². The van der Waals surface area contributed by atoms with Gasteiger partial charge in [0, 0.05) is 38.4 Å². The van der Waals surface area contributed by atoms with Crippen molar-refractivity contribution in [1.82, 2.24) is 19.4 Å². The Labute approximate surface area is 192 Å². The van der Waals surface area contributed by atoms with E-state index in [0.29, 0.717) is 23.9 Å². The molecule has 1 aromatic heterocycles. The lowest BCUT2D eigenvalue weighted by molar-refractivity contribution is 0.0630. The third kappa shape index (κ3) is 4.97. The SMILES string of the molecule is COc1ccc(CCN2CCN(C(=O)c3cnc(SC)n3-c3ccc(F)cc3)CC2)cc1. The van der Waals surface area contributed by atoms with E-state index in [4.69, 9.17) is 4.74 Å². The predicted octanol–water partition coefficient (Wildman–Crippen LogP) is 3.74. The van der Waals surface area contributed by atoms with Crippen LogP contribution in [-0.2, 0) is 6.42 Å². The molecule has 4 rings (SSSR count). The Morgan fingerprint density at radius 3 is 2.38 bits per heavy atom. The smallest absolute Gasteiger partial charge is 0.272 e. The van der Waals surface area contributed by atoms with Crippen molar-refractivity contribution < 1.29 is 13.9 Å². The van der Waals surface area contributed by atoms with E-state index in [2.05, 4.69) is 22.0 Å². The third-order valence-electron chi connectivity index (χ3n) is 5.75. The molecule has 0 aliphatic carbocycles. The first-order valence-corrected chi connectivity index (χ1v) is 11.8. The van der Waals surface area contributed by atoms with E-state index in [9.17, 15) is 9.18 Å². The number of methoxy groups -OCH3 is 1. The number of ether oxygens (including phenoxy) is 1. The first kappa shape index (κ1) is 22.4. The van der Waals surface area contributed by atoms with Crippen molar-refractivity contribution in [3.63, 3.8) is 0 Å². The fourth-order valence-electron chi connectivity index (χ4n) is 3.89. The second-order valence-electron chi connectivity index (χ2n) is 7.67. The highest BCUT2D eigenvalue weighted by Gasteiger charge is 2.26. The van der Waals surface area contributed by atoms with Crippen molar-refractivity contribution in [1.29, 1.82) is 0 Å². The number of imidazole rings is 1. The normalized spacial score (nSPS) is 14.5. The highest BCUT2D eigenvalue weighted by molar-refractivity contribution is 7.98. The average molecular weight is 455 g/mol. The second kappa shape index (κ2) is 10.2. The molecule has 1 aliphatic rings. The number of aromatic nitrogens is 2. The number of piperazine rings is 1. The number of rotatable bonds is 7. The van der Waals surface area contributed by atoms with Crippen molar-refractivity contribution in [2.24, 2.45) is 0 Å². The van der Waals surface area contributed by atoms with E-state index in [1.807, 2.05) is 27.9 Å². The number of benzene rings is 2. The molecule has 0 unspecified atom stereocenters. The van der Waals surface area contributed by atoms with Crippen LogP contribution in [0.4, 0.5) is 4.39 Å². The van der Waals surface area contributed by atoms with E-state index in [0.717, 1.165) is 37.5 Å². The highest BCUT2D eigenvalue weighted by Crippen LogP contribution is 2.23. The topological polar surface area (TPSA) is 50.6 Å². The van der Waals surface area contributed by atoms with Gasteiger partial charge < -0.3 is 9.64 Å². The van der Waals surface area contributed by atoms with Gasteiger partial charge in [0.15, 0.2) is 5.16 Å². The zero-order valence-corrected chi connectivity index (χ0v) is 19.1. The van der Waals surface area contributed by atoms with Gasteiger partial charge in [0.1, 0.15) is 17.3 Å². The molecule has 32 heavy (non-hydrogen) atoms. The van der Waals surface area contributed by atoms with Crippen molar-refractivity contribution in [3.8, 4) is 11.4 Å². The molecule has 168 valence electrons. The maximum Gasteiger partial charge on any atom is 0.272 e. The van der Waals surface area contributed by atoms with Crippen LogP contribution in [0.25, 0.3) is 5.69 Å². The van der Waals surface area contributed by atoms with Gasteiger partial charge in [0.05, 0.1) is 13.3 Å². The highest BCUT2D eigenvalue weighted by atomic mass is 32.2. The summed E-state index contributed by atoms with van der Waals surface area (Å²) in [6.45, 7) is 3.97. The number of carbonyl (C=O) groups is 1. The van der Waals surface area contributed by atoms with Crippen LogP contribution in [0.15, 0.2) is 59.9 Å². The van der Waals surface area contributed by atoms with E-state index >= 15 is 0 Å². The third-order valence-corrected chi connectivity index (χ3v) is 6.40. The second-order valence-corrected chi connectivity index (χ2v) is 8.45. The molecule has 6 nitrogen and oxygen atoms in total. The minimum absolute atomic E-state index is 0.0445. The van der Waals surface area contributed by atoms with Crippen LogP contribution >= 0.6 is 11.8 Å². The fraction of sp³-hybridized carbons (Fsp3) is 0.333. The van der Waals surface area contributed by atoms with E-state index in [1.165, 1.54) is 29.5 Å². The summed E-state index contributed by atoms with van der Waals surface area (Å²) >= 11 is 1.46. The van der Waals surface area contributed by atoms with Crippen LogP contribution in [0.3, 0.4) is 0 Å². The maximum atomic E-state index is 13.4. The Morgan fingerprint density at radius 1 is 1.06 bits per heavy atom. The number of hydrogen-bond acceptors (Lipinski definition) is 5. The molecular formula is C24H27FN4O2S. The standard InChI is InChI=1S/C24H27FN4O2S/c1-31-21-9-3-18(4-10-21)11-12-27-13-15-28(16-14-27)23(30)22-17-26-24(32-2)29(22)20-7-5-19(25)6-8-20/h3-10,17H,11-16H2,1-2H3. The lowest BCUT2D eigenvalue weighted by atomic mass is 10.1. The molecule has 0 bridgehead atoms. The van der Waals surface area contributed by atoms with Crippen LogP contribution in [0.5, 0.6) is 5.75 Å². The largest absolute Gasteiger partial charge is 0.497 e. The van der Waals surface area contributed by atoms with Crippen LogP contribution < -0.4 is 4.74 Å². The average Bonchev–Trinajstić information content (AvgIpc) is 3.27. The minimum atomic E-state index is -0.307. The van der Waals surface area contributed by atoms with E-state index in [-0.39, 0.29) is 11.7 Å². The van der Waals surface area contributed by atoms with Gasteiger partial charge in [0.2, 0.25) is 0 Å². The summed E-state index contributed by atoms with van der Waals surface area (Å²) in [5.41, 5.74) is 2.51. The monoisotopic (exact) mass is 454 g/mol. The Kier molecular flexibility index (Phi) is 7.12. The lowest BCUT2D eigenvalue weighted by Gasteiger charge is -2.34. The van der Waals surface area contributed by atoms with Gasteiger partial charge in [-0.1, -0.05) is 23.9 Å². The summed E-state index contributed by atoms with van der Waals surface area (Å²) in [4.78, 5) is 22.0. The van der Waals surface area contributed by atoms with Gasteiger partial charge in [-0.05, 0) is 54.6 Å². The van der Waals surface area contributed by atoms with E-state index in [1.54, 1.807) is 25.4 Å². The first-order valence-electron chi connectivity index (χ1n) is 10.6. The van der Waals surface area contributed by atoms with Crippen molar-refractivity contribution in [3.05, 3.63) is 71.8 Å². The molecule has 1 saturated heterocycles. The fourth-order valence-corrected chi connectivity index (χ4v) is 4.43. The maximum absolute atomic E-state index is 13.4. The number of amides is 1. The Balaban J connectivity index is 1.38. The number of halogens is 1. The van der Waals surface area contributed by atoms with Gasteiger partial charge in [-0.3, -0.25) is 14.3 Å². The molecule has 2 aromatic carbocycles. The van der Waals surface area contributed by atoms with Gasteiger partial charge >= 0.3 is 0 Å². The molecule has 0 spiro atoms. The first-order chi connectivity index (χ1) is 15.6. The van der Waals surface area contributed by atoms with Crippen molar-refractivity contribution >= 4 is 17.7 Å². The van der Waals surface area contributed by atoms with Crippen molar-refractivity contribution in [2.75, 3.05) is 46.1 Å². The molecule has 1 amide bonds. The Hall–Kier alpha value is -2.84. The molecule has 1 aliphatic heterocycles. The minimum Gasteiger partial charge on any atom is -0.497 e. The van der Waals surface area contributed by atoms with Crippen molar-refractivity contribution in [2.45, 2.75) is 11.6 Å². The molecule has 0 atom stereocenters. The Morgan fingerprint density at radius 2 is 1.75 bits per heavy atom. The summed E-state index contributed by atoms with van der Waals surface area (Å²) in [6.07, 6.45) is 4.50. The molecule has 1 fully saturated rings. The Bertz CT molecular complexity index is 1040. The molecule has 0 N–H and O–H groups in total. The van der Waals surface area contributed by atoms with Gasteiger partial charge in [-0.15, -0.1) is 0 Å². The number of thioether (sulfide) groups is 1. The van der Waals surface area contributed by atoms with Crippen LogP contribution in [0, 0.1) is 5.82 Å². The zero-order valence-electron chi connectivity index (χ0n) is 18.3. The summed E-state index contributed by atoms with van der Waals surface area (Å²) in [5, 5.41) is 0.707. The van der Waals surface area contributed by atoms with Crippen LogP contribution in [-0.4, -0.2) is 71.3 Å². The van der Waals surface area contributed by atoms with Gasteiger partial charge in [-0.2, -0.15) is 0 Å². The zero-order chi connectivity index (χ0) is 22.5. The van der Waals surface area contributed by atoms with Gasteiger partial charge in [0.25, 0.3) is 5.91 Å². The molecule has 0 radical (unpaired) electrons. The quantitative estimate of drug-likeness (QED) is 0.509. The summed E-state index contributed by atoms with van der Waals surface area (Å²) < 4.78 is 20.4. The lowest BCUT2D eigenvalue weighted by Crippen LogP contribution is -2.49. The van der Waals surface area contributed by atoms with Gasteiger partial charge in [-0.25, -0.2) is 9.37 Å².